The van der Waals surface area contributed by atoms with Gasteiger partial charge in [-0.15, -0.1) is 11.8 Å². The van der Waals surface area contributed by atoms with E-state index in [4.69, 9.17) is 0 Å². The van der Waals surface area contributed by atoms with Gasteiger partial charge in [-0.05, 0) is 64.2 Å². The first-order chi connectivity index (χ1) is 12.2. The molecule has 1 atom stereocenters. The Morgan fingerprint density at radius 1 is 1.42 bits per heavy atom. The standard InChI is InChI=1S/C8H14N2.C5H13NOS.C4H7BrS.C2H6/c1-2-3-5-8-9-6-4-7-10-8;1-5(2,3)8(7)6-4;1-4(5)3-6-2;1-2/h2-3H,4-7H2,1H3,(H,9,10);6H,1-4H3;3H,1-2H3;1-2H3/b3-2+;;4-3+;. The number of hydrogen-bond donors (Lipinski definition) is 2. The maximum absolute atomic E-state index is 10.8. The summed E-state index contributed by atoms with van der Waals surface area (Å²) < 4.78 is 14.6. The number of hydrogen-bond acceptors (Lipinski definition) is 4. The Morgan fingerprint density at radius 2 is 2.00 bits per heavy atom. The molecule has 0 saturated heterocycles. The van der Waals surface area contributed by atoms with E-state index in [1.165, 1.54) is 10.9 Å². The van der Waals surface area contributed by atoms with Crippen LogP contribution in [0.15, 0.2) is 27.0 Å². The molecule has 1 unspecified atom stereocenters. The number of amidine groups is 1. The number of halogens is 1. The van der Waals surface area contributed by atoms with E-state index in [1.807, 2.05) is 60.1 Å². The zero-order valence-electron chi connectivity index (χ0n) is 18.1. The number of allylic oxidation sites excluding steroid dienone is 2. The molecule has 0 spiro atoms. The van der Waals surface area contributed by atoms with Crippen molar-refractivity contribution in [1.82, 2.24) is 10.0 Å². The number of nitrogens with one attached hydrogen (secondary N) is 2. The normalized spacial score (nSPS) is 15.2. The van der Waals surface area contributed by atoms with Gasteiger partial charge in [-0.3, -0.25) is 4.99 Å². The van der Waals surface area contributed by atoms with E-state index < -0.39 is 11.0 Å². The van der Waals surface area contributed by atoms with Crippen molar-refractivity contribution in [2.45, 2.75) is 66.1 Å². The summed E-state index contributed by atoms with van der Waals surface area (Å²) in [5.74, 6) is 1.14. The highest BCUT2D eigenvalue weighted by molar-refractivity contribution is 9.11. The second kappa shape index (κ2) is 21.2. The van der Waals surface area contributed by atoms with Gasteiger partial charge in [0.1, 0.15) is 5.84 Å². The lowest BCUT2D eigenvalue weighted by atomic mass is 10.3. The summed E-state index contributed by atoms with van der Waals surface area (Å²) in [7, 11) is 0.802. The predicted octanol–water partition coefficient (Wildman–Crippen LogP) is 5.64. The zero-order valence-corrected chi connectivity index (χ0v) is 21.3. The molecule has 7 heteroatoms. The molecule has 0 aromatic rings. The van der Waals surface area contributed by atoms with Crippen molar-refractivity contribution in [2.24, 2.45) is 4.99 Å². The molecule has 2 N–H and O–H groups in total. The minimum atomic E-state index is -0.894. The Morgan fingerprint density at radius 3 is 2.23 bits per heavy atom. The van der Waals surface area contributed by atoms with Crippen LogP contribution in [0.5, 0.6) is 0 Å². The van der Waals surface area contributed by atoms with Gasteiger partial charge in [0.2, 0.25) is 0 Å². The van der Waals surface area contributed by atoms with Crippen LogP contribution < -0.4 is 10.0 Å². The lowest BCUT2D eigenvalue weighted by Gasteiger charge is -2.15. The molecule has 0 fully saturated rings. The summed E-state index contributed by atoms with van der Waals surface area (Å²) in [5, 5.41) is 5.29. The molecule has 1 aliphatic rings. The fraction of sp³-hybridized carbons (Fsp3) is 0.737. The number of aliphatic imine (C=N–C) groups is 1. The Hall–Kier alpha value is -0.110. The van der Waals surface area contributed by atoms with Crippen molar-refractivity contribution < 1.29 is 4.21 Å². The maximum atomic E-state index is 10.8. The Bertz CT molecular complexity index is 427. The lowest BCUT2D eigenvalue weighted by Crippen LogP contribution is -2.30. The first-order valence-corrected chi connectivity index (χ1v) is 12.2. The predicted molar refractivity (Wildman–Crippen MR) is 129 cm³/mol. The number of thioether (sulfide) groups is 1. The Labute approximate surface area is 177 Å². The molecule has 0 aromatic carbocycles. The van der Waals surface area contributed by atoms with Crippen molar-refractivity contribution in [1.29, 1.82) is 0 Å². The van der Waals surface area contributed by atoms with E-state index in [1.54, 1.807) is 18.8 Å². The molecule has 0 amide bonds. The average Bonchev–Trinajstić information content (AvgIpc) is 2.62. The zero-order chi connectivity index (χ0) is 21.0. The van der Waals surface area contributed by atoms with Crippen LogP contribution >= 0.6 is 27.7 Å². The number of nitrogens with zero attached hydrogens (tertiary/aromatic N) is 1. The molecule has 156 valence electrons. The summed E-state index contributed by atoms with van der Waals surface area (Å²) >= 11 is 4.98. The quantitative estimate of drug-likeness (QED) is 0.523. The van der Waals surface area contributed by atoms with Crippen molar-refractivity contribution >= 4 is 44.5 Å². The summed E-state index contributed by atoms with van der Waals surface area (Å²) in [6, 6.07) is 0. The van der Waals surface area contributed by atoms with Crippen LogP contribution in [-0.4, -0.2) is 41.2 Å². The summed E-state index contributed by atoms with van der Waals surface area (Å²) in [6.07, 6.45) is 8.36. The van der Waals surface area contributed by atoms with E-state index in [0.29, 0.717) is 0 Å². The molecule has 0 saturated carbocycles. The summed E-state index contributed by atoms with van der Waals surface area (Å²) in [6.45, 7) is 15.9. The van der Waals surface area contributed by atoms with Crippen LogP contribution in [0.25, 0.3) is 0 Å². The molecule has 1 aliphatic heterocycles. The van der Waals surface area contributed by atoms with Crippen LogP contribution in [0.1, 0.15) is 61.3 Å². The topological polar surface area (TPSA) is 53.5 Å². The van der Waals surface area contributed by atoms with Gasteiger partial charge >= 0.3 is 0 Å². The summed E-state index contributed by atoms with van der Waals surface area (Å²) in [4.78, 5) is 4.32. The minimum absolute atomic E-state index is 0.130. The van der Waals surface area contributed by atoms with E-state index in [-0.39, 0.29) is 4.75 Å². The molecule has 1 rings (SSSR count). The molecular formula is C19H40BrN3OS2. The van der Waals surface area contributed by atoms with Crippen molar-refractivity contribution in [3.63, 3.8) is 0 Å². The van der Waals surface area contributed by atoms with Gasteiger partial charge in [0.05, 0.1) is 15.7 Å². The molecule has 0 aliphatic carbocycles. The smallest absolute Gasteiger partial charge is 0.100 e. The first kappa shape index (κ1) is 30.6. The molecule has 26 heavy (non-hydrogen) atoms. The number of rotatable bonds is 4. The van der Waals surface area contributed by atoms with Gasteiger partial charge in [-0.2, -0.15) is 0 Å². The average molecular weight is 471 g/mol. The van der Waals surface area contributed by atoms with Gasteiger partial charge in [0, 0.05) is 19.5 Å². The van der Waals surface area contributed by atoms with Crippen molar-refractivity contribution in [3.05, 3.63) is 22.0 Å². The minimum Gasteiger partial charge on any atom is -0.374 e. The van der Waals surface area contributed by atoms with E-state index >= 15 is 0 Å². The monoisotopic (exact) mass is 469 g/mol. The van der Waals surface area contributed by atoms with Gasteiger partial charge in [0.25, 0.3) is 0 Å². The van der Waals surface area contributed by atoms with E-state index in [2.05, 4.69) is 43.1 Å². The second-order valence-corrected chi connectivity index (χ2v) is 10.0. The van der Waals surface area contributed by atoms with Gasteiger partial charge in [0.15, 0.2) is 0 Å². The second-order valence-electron chi connectivity index (χ2n) is 5.91. The Balaban J connectivity index is -0.000000300. The van der Waals surface area contributed by atoms with E-state index in [0.717, 1.165) is 25.3 Å². The Kier molecular flexibility index (Phi) is 25.0. The lowest BCUT2D eigenvalue weighted by molar-refractivity contribution is 0.642. The van der Waals surface area contributed by atoms with E-state index in [9.17, 15) is 4.21 Å². The highest BCUT2D eigenvalue weighted by atomic mass is 79.9. The highest BCUT2D eigenvalue weighted by Gasteiger charge is 2.16. The third-order valence-corrected chi connectivity index (χ3v) is 5.14. The molecule has 1 heterocycles. The molecular weight excluding hydrogens is 430 g/mol. The maximum Gasteiger partial charge on any atom is 0.100 e. The van der Waals surface area contributed by atoms with Crippen LogP contribution in [-0.2, 0) is 11.0 Å². The first-order valence-electron chi connectivity index (χ1n) is 9.01. The van der Waals surface area contributed by atoms with Crippen molar-refractivity contribution in [3.8, 4) is 0 Å². The molecule has 4 nitrogen and oxygen atoms in total. The SMILES string of the molecule is C/C=C/CC1=NCCCN1.CC.CNS(=O)C(C)(C)C.CS/C=C(\C)Br. The molecule has 0 bridgehead atoms. The van der Waals surface area contributed by atoms with Gasteiger partial charge in [-0.1, -0.05) is 41.9 Å². The van der Waals surface area contributed by atoms with Crippen LogP contribution in [0.3, 0.4) is 0 Å². The van der Waals surface area contributed by atoms with Gasteiger partial charge < -0.3 is 5.32 Å². The van der Waals surface area contributed by atoms with Crippen LogP contribution in [0.2, 0.25) is 0 Å². The fourth-order valence-electron chi connectivity index (χ4n) is 1.42. The van der Waals surface area contributed by atoms with Crippen LogP contribution in [0.4, 0.5) is 0 Å². The largest absolute Gasteiger partial charge is 0.374 e. The third-order valence-electron chi connectivity index (χ3n) is 2.54. The fourth-order valence-corrected chi connectivity index (χ4v) is 2.91. The molecule has 0 radical (unpaired) electrons. The summed E-state index contributed by atoms with van der Waals surface area (Å²) in [5.41, 5.74) is 0. The highest BCUT2D eigenvalue weighted by Crippen LogP contribution is 2.07. The molecule has 0 aromatic heterocycles. The van der Waals surface area contributed by atoms with Gasteiger partial charge in [-0.25, -0.2) is 8.93 Å². The third kappa shape index (κ3) is 23.9. The van der Waals surface area contributed by atoms with Crippen LogP contribution in [0, 0.1) is 0 Å². The van der Waals surface area contributed by atoms with Crippen molar-refractivity contribution in [2.75, 3.05) is 26.4 Å².